The second kappa shape index (κ2) is 20.4. The predicted octanol–water partition coefficient (Wildman–Crippen LogP) is 7.44. The first-order chi connectivity index (χ1) is 15.4. The molecule has 0 fully saturated rings. The molecule has 0 atom stereocenters. The number of nitrogens with zero attached hydrogens (tertiary/aromatic N) is 1. The van der Waals surface area contributed by atoms with Gasteiger partial charge in [0.15, 0.2) is 0 Å². The number of hydrogen-bond donors (Lipinski definition) is 2. The minimum atomic E-state index is 0.462. The third kappa shape index (κ3) is 12.4. The van der Waals surface area contributed by atoms with E-state index >= 15 is 0 Å². The molecule has 0 bridgehead atoms. The van der Waals surface area contributed by atoms with Crippen LogP contribution in [0.2, 0.25) is 0 Å². The van der Waals surface area contributed by atoms with Crippen molar-refractivity contribution in [1.82, 2.24) is 5.32 Å². The lowest BCUT2D eigenvalue weighted by molar-refractivity contribution is 0.135. The summed E-state index contributed by atoms with van der Waals surface area (Å²) in [4.78, 5) is 4.33. The predicted molar refractivity (Wildman–Crippen MR) is 144 cm³/mol. The molecule has 1 aliphatic heterocycles. The number of nitrogens with two attached hydrogens (primary N) is 1. The highest BCUT2D eigenvalue weighted by Gasteiger charge is 2.20. The number of hydrogen-bond acceptors (Lipinski definition) is 3. The largest absolute Gasteiger partial charge is 0.399 e. The molecule has 1 heterocycles. The van der Waals surface area contributed by atoms with Gasteiger partial charge in [0.25, 0.3) is 0 Å². The minimum Gasteiger partial charge on any atom is -0.399 e. The van der Waals surface area contributed by atoms with Gasteiger partial charge in [0.05, 0.1) is 0 Å². The Bertz CT molecular complexity index is 756. The van der Waals surface area contributed by atoms with E-state index in [-0.39, 0.29) is 0 Å². The van der Waals surface area contributed by atoms with Crippen LogP contribution in [0.3, 0.4) is 0 Å². The Morgan fingerprint density at radius 2 is 1.56 bits per heavy atom. The molecule has 180 valence electrons. The Hall–Kier alpha value is -2.51. The molecule has 1 aliphatic rings. The first-order valence-electron chi connectivity index (χ1n) is 12.1. The summed E-state index contributed by atoms with van der Waals surface area (Å²) in [6, 6.07) is 10.6. The van der Waals surface area contributed by atoms with Crippen molar-refractivity contribution in [3.63, 3.8) is 0 Å². The molecule has 4 heteroatoms. The second-order valence-electron chi connectivity index (χ2n) is 6.99. The van der Waals surface area contributed by atoms with Crippen molar-refractivity contribution in [2.24, 2.45) is 10.9 Å². The van der Waals surface area contributed by atoms with Crippen LogP contribution in [0.25, 0.3) is 5.70 Å². The molecule has 0 radical (unpaired) electrons. The van der Waals surface area contributed by atoms with Crippen LogP contribution in [-0.4, -0.2) is 19.0 Å². The molecule has 0 aliphatic carbocycles. The number of rotatable bonds is 6. The van der Waals surface area contributed by atoms with Crippen molar-refractivity contribution in [1.29, 1.82) is 0 Å². The fourth-order valence-electron chi connectivity index (χ4n) is 2.46. The highest BCUT2D eigenvalue weighted by Crippen LogP contribution is 2.26. The third-order valence-corrected chi connectivity index (χ3v) is 4.29. The Kier molecular flexibility index (Phi) is 20.2. The standard InChI is InChI=1S/C18H21N3.C6H14O.2C2H6/c1-5-10-20-18-16(13(4)12(2)3)11-17(21-18)14-6-8-15(19)9-7-14;1-3-5-7-6-4-2;2*1-2/h6-9,11-12H,19H2,1-4H3,(H,20,21);3-6H2,1-2H3;2*1-2H3/b16-13+;;;. The molecule has 2 rings (SSSR count). The average molecular weight is 442 g/mol. The Balaban J connectivity index is 0. The SMILES string of the molecule is CC.CC.CC#CN=C1NC(c2ccc(N)cc2)=C/C1=C(/C)C(C)C.CCCOCCC. The summed E-state index contributed by atoms with van der Waals surface area (Å²) in [6.45, 7) is 22.4. The van der Waals surface area contributed by atoms with Gasteiger partial charge < -0.3 is 15.8 Å². The Morgan fingerprint density at radius 1 is 1.03 bits per heavy atom. The molecule has 0 aromatic heterocycles. The van der Waals surface area contributed by atoms with Gasteiger partial charge in [0.2, 0.25) is 0 Å². The van der Waals surface area contributed by atoms with Gasteiger partial charge in [-0.1, -0.05) is 79.0 Å². The molecule has 0 amide bonds. The molecular weight excluding hydrogens is 394 g/mol. The highest BCUT2D eigenvalue weighted by molar-refractivity contribution is 6.12. The van der Waals surface area contributed by atoms with Crippen LogP contribution in [0.15, 0.2) is 46.5 Å². The molecular formula is C28H47N3O. The molecule has 1 aromatic carbocycles. The molecule has 1 aromatic rings. The maximum Gasteiger partial charge on any atom is 0.148 e. The average Bonchev–Trinajstić information content (AvgIpc) is 3.25. The molecule has 0 spiro atoms. The van der Waals surface area contributed by atoms with E-state index in [9.17, 15) is 0 Å². The summed E-state index contributed by atoms with van der Waals surface area (Å²) >= 11 is 0. The van der Waals surface area contributed by atoms with Crippen molar-refractivity contribution >= 4 is 17.2 Å². The highest BCUT2D eigenvalue weighted by atomic mass is 16.5. The maximum absolute atomic E-state index is 5.74. The number of aliphatic imine (C=N–C) groups is 1. The molecule has 0 saturated carbocycles. The quantitative estimate of drug-likeness (QED) is 0.274. The maximum atomic E-state index is 5.74. The van der Waals surface area contributed by atoms with E-state index in [4.69, 9.17) is 10.5 Å². The number of nitrogens with one attached hydrogen (secondary N) is 1. The molecule has 0 saturated heterocycles. The fraction of sp³-hybridized carbons (Fsp3) is 0.536. The molecule has 3 N–H and O–H groups in total. The zero-order chi connectivity index (χ0) is 24.9. The Morgan fingerprint density at radius 3 is 2.00 bits per heavy atom. The summed E-state index contributed by atoms with van der Waals surface area (Å²) in [5, 5.41) is 3.36. The number of ether oxygens (including phenoxy) is 1. The van der Waals surface area contributed by atoms with Gasteiger partial charge in [0, 0.05) is 36.2 Å². The van der Waals surface area contributed by atoms with Crippen LogP contribution >= 0.6 is 0 Å². The van der Waals surface area contributed by atoms with Crippen molar-refractivity contribution in [3.05, 3.63) is 47.1 Å². The zero-order valence-electron chi connectivity index (χ0n) is 22.2. The van der Waals surface area contributed by atoms with Gasteiger partial charge >= 0.3 is 0 Å². The smallest absolute Gasteiger partial charge is 0.148 e. The van der Waals surface area contributed by atoms with E-state index < -0.39 is 0 Å². The minimum absolute atomic E-state index is 0.462. The number of allylic oxidation sites excluding steroid dienone is 1. The zero-order valence-corrected chi connectivity index (χ0v) is 22.2. The van der Waals surface area contributed by atoms with E-state index in [1.807, 2.05) is 52.0 Å². The van der Waals surface area contributed by atoms with Gasteiger partial charge in [-0.05, 0) is 56.4 Å². The van der Waals surface area contributed by atoms with Crippen LogP contribution in [0.1, 0.15) is 87.6 Å². The second-order valence-corrected chi connectivity index (χ2v) is 6.99. The molecule has 4 nitrogen and oxygen atoms in total. The van der Waals surface area contributed by atoms with E-state index in [2.05, 4.69) is 63.0 Å². The summed E-state index contributed by atoms with van der Waals surface area (Å²) < 4.78 is 5.13. The van der Waals surface area contributed by atoms with Crippen molar-refractivity contribution in [3.8, 4) is 12.0 Å². The van der Waals surface area contributed by atoms with Crippen LogP contribution in [0, 0.1) is 17.9 Å². The fourth-order valence-corrected chi connectivity index (χ4v) is 2.46. The molecule has 0 unspecified atom stereocenters. The number of amidine groups is 1. The van der Waals surface area contributed by atoms with E-state index in [0.717, 1.165) is 54.4 Å². The molecule has 32 heavy (non-hydrogen) atoms. The number of nitrogen functional groups attached to an aromatic ring is 1. The number of anilines is 1. The lowest BCUT2D eigenvalue weighted by Crippen LogP contribution is -2.17. The van der Waals surface area contributed by atoms with Crippen molar-refractivity contribution < 1.29 is 4.74 Å². The summed E-state index contributed by atoms with van der Waals surface area (Å²) in [5.74, 6) is 4.09. The third-order valence-electron chi connectivity index (χ3n) is 4.29. The topological polar surface area (TPSA) is 59.6 Å². The monoisotopic (exact) mass is 441 g/mol. The Labute approximate surface area is 198 Å². The van der Waals surface area contributed by atoms with Gasteiger partial charge in [0.1, 0.15) is 5.84 Å². The van der Waals surface area contributed by atoms with Gasteiger partial charge in [-0.25, -0.2) is 0 Å². The van der Waals surface area contributed by atoms with Crippen LogP contribution < -0.4 is 11.1 Å². The van der Waals surface area contributed by atoms with E-state index in [0.29, 0.717) is 5.92 Å². The summed E-state index contributed by atoms with van der Waals surface area (Å²) in [7, 11) is 0. The van der Waals surface area contributed by atoms with E-state index in [1.165, 1.54) is 5.57 Å². The lowest BCUT2D eigenvalue weighted by atomic mass is 9.98. The van der Waals surface area contributed by atoms with Gasteiger partial charge in [-0.15, -0.1) is 0 Å². The van der Waals surface area contributed by atoms with Crippen molar-refractivity contribution in [2.45, 2.75) is 82.1 Å². The van der Waals surface area contributed by atoms with Crippen LogP contribution in [-0.2, 0) is 4.74 Å². The lowest BCUT2D eigenvalue weighted by Gasteiger charge is -2.09. The first-order valence-corrected chi connectivity index (χ1v) is 12.1. The van der Waals surface area contributed by atoms with E-state index in [1.54, 1.807) is 6.92 Å². The number of benzene rings is 1. The van der Waals surface area contributed by atoms with Crippen LogP contribution in [0.4, 0.5) is 5.69 Å². The van der Waals surface area contributed by atoms with Crippen molar-refractivity contribution in [2.75, 3.05) is 18.9 Å². The normalized spacial score (nSPS) is 14.3. The van der Waals surface area contributed by atoms with Gasteiger partial charge in [-0.3, -0.25) is 0 Å². The summed E-state index contributed by atoms with van der Waals surface area (Å²) in [6.07, 6.45) is 4.41. The summed E-state index contributed by atoms with van der Waals surface area (Å²) in [5.41, 5.74) is 11.0. The first kappa shape index (κ1) is 31.7. The van der Waals surface area contributed by atoms with Crippen LogP contribution in [0.5, 0.6) is 0 Å². The van der Waals surface area contributed by atoms with Gasteiger partial charge in [-0.2, -0.15) is 4.99 Å².